The van der Waals surface area contributed by atoms with Crippen molar-refractivity contribution in [2.45, 2.75) is 109 Å². The van der Waals surface area contributed by atoms with Crippen molar-refractivity contribution >= 4 is 5.97 Å². The molecule has 0 heterocycles. The zero-order valence-corrected chi connectivity index (χ0v) is 17.8. The Labute approximate surface area is 162 Å². The Morgan fingerprint density at radius 2 is 1.23 bits per heavy atom. The van der Waals surface area contributed by atoms with E-state index in [4.69, 9.17) is 4.74 Å². The molecule has 0 aromatic rings. The highest BCUT2D eigenvalue weighted by Crippen LogP contribution is 2.13. The van der Waals surface area contributed by atoms with Gasteiger partial charge in [-0.05, 0) is 20.5 Å². The van der Waals surface area contributed by atoms with Crippen molar-refractivity contribution in [3.05, 3.63) is 0 Å². The fourth-order valence-electron chi connectivity index (χ4n) is 3.20. The number of rotatable bonds is 19. The van der Waals surface area contributed by atoms with Gasteiger partial charge in [0.1, 0.15) is 12.7 Å². The molecule has 0 aliphatic carbocycles. The summed E-state index contributed by atoms with van der Waals surface area (Å²) in [5.41, 5.74) is 0. The minimum absolute atomic E-state index is 0.107. The zero-order chi connectivity index (χ0) is 19.5. The van der Waals surface area contributed by atoms with Gasteiger partial charge in [-0.1, -0.05) is 90.4 Å². The second-order valence-corrected chi connectivity index (χ2v) is 7.95. The van der Waals surface area contributed by atoms with E-state index in [2.05, 4.69) is 6.92 Å². The topological polar surface area (TPSA) is 49.8 Å². The molecule has 0 aliphatic heterocycles. The highest BCUT2D eigenvalue weighted by atomic mass is 16.5. The average molecular weight is 372 g/mol. The van der Waals surface area contributed by atoms with Crippen LogP contribution in [-0.2, 0) is 9.53 Å². The molecule has 4 heteroatoms. The molecule has 0 aromatic carbocycles. The molecule has 0 aliphatic rings. The van der Waals surface area contributed by atoms with Crippen LogP contribution in [0.1, 0.15) is 103 Å². The van der Waals surface area contributed by atoms with Crippen LogP contribution in [0.25, 0.3) is 0 Å². The second kappa shape index (κ2) is 19.2. The van der Waals surface area contributed by atoms with Crippen molar-refractivity contribution in [1.82, 2.24) is 4.90 Å². The van der Waals surface area contributed by atoms with Gasteiger partial charge in [0.05, 0.1) is 0 Å². The number of aliphatic hydroxyl groups excluding tert-OH is 1. The van der Waals surface area contributed by atoms with Gasteiger partial charge in [-0.25, -0.2) is 0 Å². The summed E-state index contributed by atoms with van der Waals surface area (Å²) in [6.07, 6.45) is 18.3. The zero-order valence-electron chi connectivity index (χ0n) is 17.8. The third kappa shape index (κ3) is 19.7. The van der Waals surface area contributed by atoms with E-state index in [-0.39, 0.29) is 12.6 Å². The van der Waals surface area contributed by atoms with Crippen molar-refractivity contribution in [1.29, 1.82) is 0 Å². The molecule has 0 bridgehead atoms. The summed E-state index contributed by atoms with van der Waals surface area (Å²) in [4.78, 5) is 13.5. The van der Waals surface area contributed by atoms with Crippen LogP contribution in [0.5, 0.6) is 0 Å². The van der Waals surface area contributed by atoms with Crippen molar-refractivity contribution < 1.29 is 14.6 Å². The van der Waals surface area contributed by atoms with E-state index >= 15 is 0 Å². The Hall–Kier alpha value is -0.610. The predicted octanol–water partition coefficient (Wildman–Crippen LogP) is 5.32. The van der Waals surface area contributed by atoms with E-state index in [1.54, 1.807) is 0 Å². The molecular formula is C22H45NO3. The lowest BCUT2D eigenvalue weighted by Gasteiger charge is -2.15. The van der Waals surface area contributed by atoms with Gasteiger partial charge in [-0.15, -0.1) is 0 Å². The largest absolute Gasteiger partial charge is 0.463 e. The number of ether oxygens (including phenoxy) is 1. The van der Waals surface area contributed by atoms with Crippen LogP contribution < -0.4 is 0 Å². The molecule has 1 unspecified atom stereocenters. The maximum absolute atomic E-state index is 11.6. The highest BCUT2D eigenvalue weighted by molar-refractivity contribution is 5.69. The van der Waals surface area contributed by atoms with Gasteiger partial charge in [-0.2, -0.15) is 0 Å². The van der Waals surface area contributed by atoms with Crippen molar-refractivity contribution in [2.24, 2.45) is 0 Å². The number of unbranched alkanes of at least 4 members (excludes halogenated alkanes) is 13. The van der Waals surface area contributed by atoms with Crippen LogP contribution in [0.15, 0.2) is 0 Å². The van der Waals surface area contributed by atoms with E-state index in [0.717, 1.165) is 12.8 Å². The van der Waals surface area contributed by atoms with Gasteiger partial charge in [0.15, 0.2) is 0 Å². The first kappa shape index (κ1) is 25.4. The van der Waals surface area contributed by atoms with E-state index in [0.29, 0.717) is 13.0 Å². The summed E-state index contributed by atoms with van der Waals surface area (Å²) in [7, 11) is 3.78. The fraction of sp³-hybridized carbons (Fsp3) is 0.955. The SMILES string of the molecule is CCCCCCCCCCCCCCCCC(=O)OCC(O)CN(C)C. The van der Waals surface area contributed by atoms with Crippen molar-refractivity contribution in [3.63, 3.8) is 0 Å². The molecule has 26 heavy (non-hydrogen) atoms. The molecule has 0 aromatic heterocycles. The number of carbonyl (C=O) groups is 1. The normalized spacial score (nSPS) is 12.5. The van der Waals surface area contributed by atoms with Crippen LogP contribution in [-0.4, -0.2) is 49.3 Å². The van der Waals surface area contributed by atoms with Gasteiger partial charge in [-0.3, -0.25) is 4.79 Å². The number of likely N-dealkylation sites (N-methyl/N-ethyl adjacent to an activating group) is 1. The molecule has 0 rings (SSSR count). The summed E-state index contributed by atoms with van der Waals surface area (Å²) in [6, 6.07) is 0. The number of esters is 1. The first-order chi connectivity index (χ1) is 12.6. The third-order valence-electron chi connectivity index (χ3n) is 4.75. The number of nitrogens with zero attached hydrogens (tertiary/aromatic N) is 1. The summed E-state index contributed by atoms with van der Waals surface area (Å²) < 4.78 is 5.10. The fourth-order valence-corrected chi connectivity index (χ4v) is 3.20. The Bertz CT molecular complexity index is 308. The predicted molar refractivity (Wildman–Crippen MR) is 110 cm³/mol. The number of aliphatic hydroxyl groups is 1. The Kier molecular flexibility index (Phi) is 18.7. The Morgan fingerprint density at radius 3 is 1.65 bits per heavy atom. The van der Waals surface area contributed by atoms with Crippen LogP contribution in [0.4, 0.5) is 0 Å². The third-order valence-corrected chi connectivity index (χ3v) is 4.75. The van der Waals surface area contributed by atoms with E-state index in [9.17, 15) is 9.90 Å². The highest BCUT2D eigenvalue weighted by Gasteiger charge is 2.09. The first-order valence-corrected chi connectivity index (χ1v) is 11.0. The molecule has 0 radical (unpaired) electrons. The van der Waals surface area contributed by atoms with Gasteiger partial charge >= 0.3 is 5.97 Å². The molecule has 4 nitrogen and oxygen atoms in total. The smallest absolute Gasteiger partial charge is 0.305 e. The van der Waals surface area contributed by atoms with Crippen LogP contribution in [0.2, 0.25) is 0 Å². The van der Waals surface area contributed by atoms with Gasteiger partial charge < -0.3 is 14.7 Å². The molecule has 1 atom stereocenters. The molecule has 0 spiro atoms. The van der Waals surface area contributed by atoms with Gasteiger partial charge in [0.25, 0.3) is 0 Å². The minimum Gasteiger partial charge on any atom is -0.463 e. The van der Waals surface area contributed by atoms with Crippen LogP contribution >= 0.6 is 0 Å². The molecule has 0 saturated heterocycles. The van der Waals surface area contributed by atoms with Crippen LogP contribution in [0, 0.1) is 0 Å². The molecule has 0 saturated carbocycles. The number of hydrogen-bond donors (Lipinski definition) is 1. The van der Waals surface area contributed by atoms with Crippen molar-refractivity contribution in [3.8, 4) is 0 Å². The number of hydrogen-bond acceptors (Lipinski definition) is 4. The Balaban J connectivity index is 3.22. The molecule has 156 valence electrons. The first-order valence-electron chi connectivity index (χ1n) is 11.0. The summed E-state index contributed by atoms with van der Waals surface area (Å²) in [6.45, 7) is 2.90. The van der Waals surface area contributed by atoms with Gasteiger partial charge in [0.2, 0.25) is 0 Å². The average Bonchev–Trinajstić information content (AvgIpc) is 2.59. The molecule has 1 N–H and O–H groups in total. The quantitative estimate of drug-likeness (QED) is 0.246. The van der Waals surface area contributed by atoms with Crippen molar-refractivity contribution in [2.75, 3.05) is 27.2 Å². The molecular weight excluding hydrogens is 326 g/mol. The standard InChI is InChI=1S/C22H45NO3/c1-4-5-6-7-8-9-10-11-12-13-14-15-16-17-18-22(25)26-20-21(24)19-23(2)3/h21,24H,4-20H2,1-3H3. The van der Waals surface area contributed by atoms with E-state index in [1.165, 1.54) is 77.0 Å². The lowest BCUT2D eigenvalue weighted by atomic mass is 10.0. The lowest BCUT2D eigenvalue weighted by Crippen LogP contribution is -2.30. The van der Waals surface area contributed by atoms with E-state index < -0.39 is 6.10 Å². The van der Waals surface area contributed by atoms with E-state index in [1.807, 2.05) is 19.0 Å². The molecule has 0 amide bonds. The minimum atomic E-state index is -0.592. The lowest BCUT2D eigenvalue weighted by molar-refractivity contribution is -0.147. The molecule has 0 fully saturated rings. The van der Waals surface area contributed by atoms with Crippen LogP contribution in [0.3, 0.4) is 0 Å². The second-order valence-electron chi connectivity index (χ2n) is 7.95. The number of carbonyl (C=O) groups excluding carboxylic acids is 1. The monoisotopic (exact) mass is 371 g/mol. The van der Waals surface area contributed by atoms with Gasteiger partial charge in [0, 0.05) is 13.0 Å². The maximum Gasteiger partial charge on any atom is 0.305 e. The summed E-state index contributed by atoms with van der Waals surface area (Å²) >= 11 is 0. The summed E-state index contributed by atoms with van der Waals surface area (Å²) in [5, 5.41) is 9.64. The maximum atomic E-state index is 11.6. The Morgan fingerprint density at radius 1 is 0.808 bits per heavy atom. The summed E-state index contributed by atoms with van der Waals surface area (Å²) in [5.74, 6) is -0.179.